The third kappa shape index (κ3) is 18.6. The normalized spacial score (nSPS) is 12.5. The van der Waals surface area contributed by atoms with Crippen molar-refractivity contribution in [1.29, 1.82) is 0 Å². The molecule has 0 saturated heterocycles. The van der Waals surface area contributed by atoms with E-state index in [2.05, 4.69) is 19.1 Å². The number of unbranched alkanes of at least 4 members (excludes halogenated alkanes) is 7. The van der Waals surface area contributed by atoms with Gasteiger partial charge in [-0.05, 0) is 51.4 Å². The molecule has 0 bridgehead atoms. The summed E-state index contributed by atoms with van der Waals surface area (Å²) in [4.78, 5) is 10.3. The molecule has 3 heteroatoms. The molecule has 23 heavy (non-hydrogen) atoms. The summed E-state index contributed by atoms with van der Waals surface area (Å²) < 4.78 is 13.4. The Morgan fingerprint density at radius 3 is 2.00 bits per heavy atom. The fraction of sp³-hybridized carbons (Fsp3) is 0.650. The van der Waals surface area contributed by atoms with Gasteiger partial charge in [-0.1, -0.05) is 50.1 Å². The van der Waals surface area contributed by atoms with Crippen LogP contribution in [-0.4, -0.2) is 11.1 Å². The van der Waals surface area contributed by atoms with Crippen molar-refractivity contribution in [1.82, 2.24) is 0 Å². The molecule has 0 amide bonds. The Bertz CT molecular complexity index is 370. The molecule has 0 aliphatic rings. The van der Waals surface area contributed by atoms with Gasteiger partial charge in [0.05, 0.1) is 5.83 Å². The molecule has 0 fully saturated rings. The summed E-state index contributed by atoms with van der Waals surface area (Å²) >= 11 is 0. The largest absolute Gasteiger partial charge is 0.481 e. The van der Waals surface area contributed by atoms with Crippen molar-refractivity contribution >= 4 is 5.97 Å². The Morgan fingerprint density at radius 2 is 1.43 bits per heavy atom. The lowest BCUT2D eigenvalue weighted by molar-refractivity contribution is -0.137. The predicted octanol–water partition coefficient (Wildman–Crippen LogP) is 6.74. The van der Waals surface area contributed by atoms with Crippen molar-refractivity contribution in [3.8, 4) is 0 Å². The lowest BCUT2D eigenvalue weighted by Gasteiger charge is -1.95. The van der Waals surface area contributed by atoms with Crippen LogP contribution >= 0.6 is 0 Å². The van der Waals surface area contributed by atoms with Crippen LogP contribution in [0.4, 0.5) is 4.39 Å². The number of hydrogen-bond acceptors (Lipinski definition) is 1. The second kappa shape index (κ2) is 17.0. The van der Waals surface area contributed by atoms with Crippen molar-refractivity contribution in [3.05, 3.63) is 36.2 Å². The van der Waals surface area contributed by atoms with Gasteiger partial charge in [-0.3, -0.25) is 4.79 Å². The van der Waals surface area contributed by atoms with Crippen molar-refractivity contribution in [2.75, 3.05) is 0 Å². The summed E-state index contributed by atoms with van der Waals surface area (Å²) in [5.41, 5.74) is 0. The number of rotatable bonds is 15. The first-order chi connectivity index (χ1) is 11.2. The van der Waals surface area contributed by atoms with E-state index >= 15 is 0 Å². The summed E-state index contributed by atoms with van der Waals surface area (Å²) in [6, 6.07) is 0. The predicted molar refractivity (Wildman–Crippen MR) is 96.2 cm³/mol. The van der Waals surface area contributed by atoms with Crippen LogP contribution in [0.3, 0.4) is 0 Å². The molecule has 132 valence electrons. The van der Waals surface area contributed by atoms with E-state index in [0.717, 1.165) is 19.3 Å². The molecule has 0 spiro atoms. The van der Waals surface area contributed by atoms with Gasteiger partial charge in [-0.2, -0.15) is 0 Å². The Labute approximate surface area is 141 Å². The van der Waals surface area contributed by atoms with E-state index in [4.69, 9.17) is 5.11 Å². The van der Waals surface area contributed by atoms with Crippen molar-refractivity contribution < 1.29 is 14.3 Å². The Kier molecular flexibility index (Phi) is 16.0. The third-order valence-electron chi connectivity index (χ3n) is 3.57. The van der Waals surface area contributed by atoms with Gasteiger partial charge in [0.2, 0.25) is 0 Å². The van der Waals surface area contributed by atoms with E-state index in [9.17, 15) is 9.18 Å². The molecule has 0 unspecified atom stereocenters. The minimum atomic E-state index is -0.825. The maximum Gasteiger partial charge on any atom is 0.303 e. The molecule has 0 atom stereocenters. The number of carboxylic acid groups (broad SMARTS) is 1. The van der Waals surface area contributed by atoms with Gasteiger partial charge in [0.25, 0.3) is 0 Å². The molecule has 2 nitrogen and oxygen atoms in total. The molecule has 0 aromatic carbocycles. The Morgan fingerprint density at radius 1 is 0.870 bits per heavy atom. The first-order valence-electron chi connectivity index (χ1n) is 9.03. The van der Waals surface area contributed by atoms with Crippen LogP contribution in [0.25, 0.3) is 0 Å². The third-order valence-corrected chi connectivity index (χ3v) is 3.57. The monoisotopic (exact) mass is 324 g/mol. The molecular weight excluding hydrogens is 291 g/mol. The number of halogens is 1. The Balaban J connectivity index is 3.45. The SMILES string of the molecule is CCCCCC=CCCCCC=CCC(F)=CCCCC(=O)O. The van der Waals surface area contributed by atoms with E-state index in [1.807, 2.05) is 12.2 Å². The van der Waals surface area contributed by atoms with Crippen LogP contribution in [0.1, 0.15) is 84.0 Å². The molecule has 0 saturated carbocycles. The van der Waals surface area contributed by atoms with E-state index < -0.39 is 5.97 Å². The Hall–Kier alpha value is -1.38. The molecule has 0 aromatic rings. The van der Waals surface area contributed by atoms with Crippen LogP contribution in [0.15, 0.2) is 36.2 Å². The average molecular weight is 324 g/mol. The molecule has 0 heterocycles. The van der Waals surface area contributed by atoms with Crippen molar-refractivity contribution in [3.63, 3.8) is 0 Å². The van der Waals surface area contributed by atoms with Gasteiger partial charge >= 0.3 is 5.97 Å². The van der Waals surface area contributed by atoms with Gasteiger partial charge in [-0.25, -0.2) is 4.39 Å². The molecule has 0 aliphatic heterocycles. The van der Waals surface area contributed by atoms with Crippen LogP contribution in [0, 0.1) is 0 Å². The highest BCUT2D eigenvalue weighted by molar-refractivity contribution is 5.66. The minimum Gasteiger partial charge on any atom is -0.481 e. The highest BCUT2D eigenvalue weighted by Gasteiger charge is 1.96. The number of carboxylic acids is 1. The fourth-order valence-electron chi connectivity index (χ4n) is 2.18. The van der Waals surface area contributed by atoms with Crippen LogP contribution in [-0.2, 0) is 4.79 Å². The zero-order chi connectivity index (χ0) is 17.2. The van der Waals surface area contributed by atoms with E-state index in [-0.39, 0.29) is 12.2 Å². The summed E-state index contributed by atoms with van der Waals surface area (Å²) in [6.45, 7) is 2.22. The van der Waals surface area contributed by atoms with Gasteiger partial charge < -0.3 is 5.11 Å². The topological polar surface area (TPSA) is 37.3 Å². The first kappa shape index (κ1) is 21.6. The molecule has 0 rings (SSSR count). The summed E-state index contributed by atoms with van der Waals surface area (Å²) in [5.74, 6) is -0.990. The van der Waals surface area contributed by atoms with Crippen molar-refractivity contribution in [2.24, 2.45) is 0 Å². The maximum atomic E-state index is 13.4. The highest BCUT2D eigenvalue weighted by atomic mass is 19.1. The van der Waals surface area contributed by atoms with Gasteiger partial charge in [0, 0.05) is 12.8 Å². The van der Waals surface area contributed by atoms with Crippen molar-refractivity contribution in [2.45, 2.75) is 84.0 Å². The lowest BCUT2D eigenvalue weighted by atomic mass is 10.1. The lowest BCUT2D eigenvalue weighted by Crippen LogP contribution is -1.92. The number of aliphatic carboxylic acids is 1. The zero-order valence-corrected chi connectivity index (χ0v) is 14.6. The van der Waals surface area contributed by atoms with E-state index in [1.54, 1.807) is 0 Å². The van der Waals surface area contributed by atoms with Crippen LogP contribution < -0.4 is 0 Å². The molecular formula is C20H33FO2. The summed E-state index contributed by atoms with van der Waals surface area (Å²) in [5, 5.41) is 8.48. The summed E-state index contributed by atoms with van der Waals surface area (Å²) in [7, 11) is 0. The van der Waals surface area contributed by atoms with Gasteiger partial charge in [0.15, 0.2) is 0 Å². The first-order valence-corrected chi connectivity index (χ1v) is 9.03. The smallest absolute Gasteiger partial charge is 0.303 e. The number of hydrogen-bond donors (Lipinski definition) is 1. The maximum absolute atomic E-state index is 13.4. The highest BCUT2D eigenvalue weighted by Crippen LogP contribution is 2.09. The fourth-order valence-corrected chi connectivity index (χ4v) is 2.18. The standard InChI is InChI=1S/C20H33FO2/c1-2-3-4-5-6-7-8-9-10-11-12-13-16-19(21)17-14-15-18-20(22)23/h6-7,12-13,17H,2-5,8-11,14-16,18H2,1H3,(H,22,23). The van der Waals surface area contributed by atoms with E-state index in [0.29, 0.717) is 19.3 Å². The number of carbonyl (C=O) groups is 1. The molecule has 1 N–H and O–H groups in total. The zero-order valence-electron chi connectivity index (χ0n) is 14.6. The van der Waals surface area contributed by atoms with E-state index in [1.165, 1.54) is 38.2 Å². The molecule has 0 aromatic heterocycles. The van der Waals surface area contributed by atoms with Gasteiger partial charge in [0.1, 0.15) is 0 Å². The molecule has 0 radical (unpaired) electrons. The molecule has 0 aliphatic carbocycles. The summed E-state index contributed by atoms with van der Waals surface area (Å²) in [6.07, 6.45) is 20.9. The van der Waals surface area contributed by atoms with Crippen LogP contribution in [0.5, 0.6) is 0 Å². The second-order valence-corrected chi connectivity index (χ2v) is 5.86. The minimum absolute atomic E-state index is 0.104. The second-order valence-electron chi connectivity index (χ2n) is 5.86. The van der Waals surface area contributed by atoms with Gasteiger partial charge in [-0.15, -0.1) is 0 Å². The average Bonchev–Trinajstić information content (AvgIpc) is 2.52. The number of allylic oxidation sites excluding steroid dienone is 6. The quantitative estimate of drug-likeness (QED) is 0.267. The van der Waals surface area contributed by atoms with Crippen LogP contribution in [0.2, 0.25) is 0 Å².